The maximum absolute atomic E-state index is 5.49. The molecule has 1 aromatic heterocycles. The van der Waals surface area contributed by atoms with Gasteiger partial charge in [-0.1, -0.05) is 0 Å². The van der Waals surface area contributed by atoms with Crippen LogP contribution < -0.4 is 5.73 Å². The second kappa shape index (κ2) is 2.43. The van der Waals surface area contributed by atoms with Gasteiger partial charge in [-0.2, -0.15) is 11.8 Å². The smallest absolute Gasteiger partial charge is 0.134 e. The van der Waals surface area contributed by atoms with Crippen LogP contribution >= 0.6 is 23.1 Å². The van der Waals surface area contributed by atoms with E-state index in [1.54, 1.807) is 11.3 Å². The Morgan fingerprint density at radius 3 is 2.80 bits per heavy atom. The van der Waals surface area contributed by atoms with Gasteiger partial charge >= 0.3 is 0 Å². The van der Waals surface area contributed by atoms with E-state index in [0.717, 1.165) is 0 Å². The minimum absolute atomic E-state index is 0.678. The van der Waals surface area contributed by atoms with Crippen molar-refractivity contribution >= 4 is 28.9 Å². The van der Waals surface area contributed by atoms with Crippen molar-refractivity contribution in [1.82, 2.24) is 4.98 Å². The van der Waals surface area contributed by atoms with Crippen LogP contribution in [0.25, 0.3) is 0 Å². The van der Waals surface area contributed by atoms with Crippen molar-refractivity contribution in [2.45, 2.75) is 5.92 Å². The van der Waals surface area contributed by atoms with Crippen molar-refractivity contribution in [1.29, 1.82) is 0 Å². The largest absolute Gasteiger partial charge is 0.383 e. The van der Waals surface area contributed by atoms with Crippen LogP contribution in [0.15, 0.2) is 5.38 Å². The fraction of sp³-hybridized carbons (Fsp3) is 0.500. The lowest BCUT2D eigenvalue weighted by molar-refractivity contribution is 0.838. The van der Waals surface area contributed by atoms with E-state index in [-0.39, 0.29) is 0 Å². The van der Waals surface area contributed by atoms with Crippen molar-refractivity contribution in [2.24, 2.45) is 0 Å². The number of anilines is 1. The third-order valence-corrected chi connectivity index (χ3v) is 3.83. The molecule has 2 nitrogen and oxygen atoms in total. The standard InChI is InChI=1S/C6H8N2S2/c7-5-3-10-6(8-5)4-1-9-2-4/h3-4H,1-2,7H2. The second-order valence-electron chi connectivity index (χ2n) is 2.34. The molecule has 4 heteroatoms. The van der Waals surface area contributed by atoms with Gasteiger partial charge < -0.3 is 5.73 Å². The Bertz CT molecular complexity index is 229. The first-order chi connectivity index (χ1) is 4.86. The number of thioether (sulfide) groups is 1. The summed E-state index contributed by atoms with van der Waals surface area (Å²) < 4.78 is 0. The Balaban J connectivity index is 2.17. The number of hydrogen-bond donors (Lipinski definition) is 1. The molecule has 0 spiro atoms. The zero-order chi connectivity index (χ0) is 6.97. The SMILES string of the molecule is Nc1csc(C2CSC2)n1. The summed E-state index contributed by atoms with van der Waals surface area (Å²) >= 11 is 3.66. The van der Waals surface area contributed by atoms with Crippen LogP contribution in [0.2, 0.25) is 0 Å². The lowest BCUT2D eigenvalue weighted by atomic mass is 10.2. The monoisotopic (exact) mass is 172 g/mol. The van der Waals surface area contributed by atoms with E-state index in [0.29, 0.717) is 11.7 Å². The fourth-order valence-electron chi connectivity index (χ4n) is 0.866. The minimum Gasteiger partial charge on any atom is -0.383 e. The Labute approximate surface area is 67.8 Å². The lowest BCUT2D eigenvalue weighted by Crippen LogP contribution is -2.14. The van der Waals surface area contributed by atoms with E-state index < -0.39 is 0 Å². The highest BCUT2D eigenvalue weighted by molar-refractivity contribution is 8.00. The molecule has 0 aliphatic carbocycles. The molecule has 0 aromatic carbocycles. The van der Waals surface area contributed by atoms with Gasteiger partial charge in [0.05, 0.1) is 5.01 Å². The van der Waals surface area contributed by atoms with E-state index in [9.17, 15) is 0 Å². The fourth-order valence-corrected chi connectivity index (χ4v) is 2.68. The number of rotatable bonds is 1. The van der Waals surface area contributed by atoms with E-state index in [1.165, 1.54) is 16.5 Å². The van der Waals surface area contributed by atoms with Crippen molar-refractivity contribution in [3.63, 3.8) is 0 Å². The topological polar surface area (TPSA) is 38.9 Å². The summed E-state index contributed by atoms with van der Waals surface area (Å²) in [5, 5.41) is 3.13. The van der Waals surface area contributed by atoms with E-state index in [4.69, 9.17) is 5.73 Å². The quantitative estimate of drug-likeness (QED) is 0.698. The molecule has 2 rings (SSSR count). The summed E-state index contributed by atoms with van der Waals surface area (Å²) in [7, 11) is 0. The molecule has 1 aliphatic rings. The molecule has 0 atom stereocenters. The first-order valence-corrected chi connectivity index (χ1v) is 5.18. The molecule has 1 fully saturated rings. The van der Waals surface area contributed by atoms with Crippen LogP contribution in [0.5, 0.6) is 0 Å². The highest BCUT2D eigenvalue weighted by Crippen LogP contribution is 2.35. The van der Waals surface area contributed by atoms with Crippen molar-refractivity contribution in [2.75, 3.05) is 17.2 Å². The number of hydrogen-bond acceptors (Lipinski definition) is 4. The van der Waals surface area contributed by atoms with Gasteiger partial charge in [0.25, 0.3) is 0 Å². The third-order valence-electron chi connectivity index (χ3n) is 1.53. The van der Waals surface area contributed by atoms with Crippen LogP contribution in [0, 0.1) is 0 Å². The number of nitrogen functional groups attached to an aromatic ring is 1. The average molecular weight is 172 g/mol. The molecule has 1 saturated heterocycles. The first-order valence-electron chi connectivity index (χ1n) is 3.15. The Kier molecular flexibility index (Phi) is 1.58. The highest BCUT2D eigenvalue weighted by Gasteiger charge is 2.22. The van der Waals surface area contributed by atoms with Crippen LogP contribution in [-0.2, 0) is 0 Å². The van der Waals surface area contributed by atoms with Gasteiger partial charge in [0, 0.05) is 22.8 Å². The van der Waals surface area contributed by atoms with Gasteiger partial charge in [-0.25, -0.2) is 4.98 Å². The Morgan fingerprint density at radius 1 is 1.60 bits per heavy atom. The zero-order valence-corrected chi connectivity index (χ0v) is 7.04. The normalized spacial score (nSPS) is 18.8. The number of nitrogens with zero attached hydrogens (tertiary/aromatic N) is 1. The zero-order valence-electron chi connectivity index (χ0n) is 5.41. The number of nitrogens with two attached hydrogens (primary N) is 1. The van der Waals surface area contributed by atoms with Crippen LogP contribution in [0.1, 0.15) is 10.9 Å². The molecule has 1 aliphatic heterocycles. The van der Waals surface area contributed by atoms with Gasteiger partial charge in [-0.15, -0.1) is 11.3 Å². The number of thiazole rings is 1. The van der Waals surface area contributed by atoms with Gasteiger partial charge in [0.2, 0.25) is 0 Å². The van der Waals surface area contributed by atoms with E-state index in [1.807, 2.05) is 17.1 Å². The molecular formula is C6H8N2S2. The molecule has 1 aromatic rings. The molecule has 0 saturated carbocycles. The predicted octanol–water partition coefficient (Wildman–Crippen LogP) is 1.56. The highest BCUT2D eigenvalue weighted by atomic mass is 32.2. The Hall–Kier alpha value is -0.220. The molecule has 0 amide bonds. The maximum Gasteiger partial charge on any atom is 0.134 e. The van der Waals surface area contributed by atoms with Gasteiger partial charge in [0.1, 0.15) is 5.82 Å². The van der Waals surface area contributed by atoms with E-state index in [2.05, 4.69) is 4.98 Å². The van der Waals surface area contributed by atoms with Crippen LogP contribution in [0.4, 0.5) is 5.82 Å². The average Bonchev–Trinajstić information content (AvgIpc) is 2.10. The van der Waals surface area contributed by atoms with Gasteiger partial charge in [-0.3, -0.25) is 0 Å². The minimum atomic E-state index is 0.678. The molecule has 2 heterocycles. The Morgan fingerprint density at radius 2 is 2.40 bits per heavy atom. The third kappa shape index (κ3) is 1.01. The summed E-state index contributed by atoms with van der Waals surface area (Å²) in [5.74, 6) is 3.84. The van der Waals surface area contributed by atoms with Crippen LogP contribution in [-0.4, -0.2) is 16.5 Å². The van der Waals surface area contributed by atoms with Crippen LogP contribution in [0.3, 0.4) is 0 Å². The predicted molar refractivity (Wildman–Crippen MR) is 46.6 cm³/mol. The molecule has 0 bridgehead atoms. The maximum atomic E-state index is 5.49. The lowest BCUT2D eigenvalue weighted by Gasteiger charge is -2.21. The van der Waals surface area contributed by atoms with E-state index >= 15 is 0 Å². The molecule has 10 heavy (non-hydrogen) atoms. The van der Waals surface area contributed by atoms with Crippen molar-refractivity contribution < 1.29 is 0 Å². The molecule has 0 radical (unpaired) electrons. The summed E-state index contributed by atoms with van der Waals surface area (Å²) in [6.45, 7) is 0. The summed E-state index contributed by atoms with van der Waals surface area (Å²) in [6.07, 6.45) is 0. The molecular weight excluding hydrogens is 164 g/mol. The number of aromatic nitrogens is 1. The summed E-state index contributed by atoms with van der Waals surface area (Å²) in [5.41, 5.74) is 5.49. The van der Waals surface area contributed by atoms with Gasteiger partial charge in [-0.05, 0) is 0 Å². The summed E-state index contributed by atoms with van der Waals surface area (Å²) in [4.78, 5) is 4.22. The summed E-state index contributed by atoms with van der Waals surface area (Å²) in [6, 6.07) is 0. The molecule has 0 unspecified atom stereocenters. The second-order valence-corrected chi connectivity index (χ2v) is 4.31. The van der Waals surface area contributed by atoms with Crippen molar-refractivity contribution in [3.8, 4) is 0 Å². The van der Waals surface area contributed by atoms with Gasteiger partial charge in [0.15, 0.2) is 0 Å². The molecule has 54 valence electrons. The van der Waals surface area contributed by atoms with Crippen molar-refractivity contribution in [3.05, 3.63) is 10.4 Å². The molecule has 2 N–H and O–H groups in total. The first kappa shape index (κ1) is 6.49.